The molecule has 0 aliphatic heterocycles. The number of anilines is 1. The van der Waals surface area contributed by atoms with Crippen LogP contribution in [0.4, 0.5) is 10.1 Å². The number of benzene rings is 1. The van der Waals surface area contributed by atoms with Crippen molar-refractivity contribution >= 4 is 49.7 Å². The lowest BCUT2D eigenvalue weighted by Crippen LogP contribution is -1.91. The normalized spacial score (nSPS) is 10.8. The van der Waals surface area contributed by atoms with Gasteiger partial charge in [-0.1, -0.05) is 0 Å². The van der Waals surface area contributed by atoms with Gasteiger partial charge in [0.1, 0.15) is 0 Å². The van der Waals surface area contributed by atoms with Gasteiger partial charge in [0.2, 0.25) is 0 Å². The zero-order valence-electron chi connectivity index (χ0n) is 5.97. The van der Waals surface area contributed by atoms with E-state index in [1.165, 1.54) is 11.3 Å². The van der Waals surface area contributed by atoms with E-state index in [1.807, 2.05) is 11.4 Å². The third-order valence-corrected chi connectivity index (χ3v) is 3.46. The summed E-state index contributed by atoms with van der Waals surface area (Å²) in [5.74, 6) is -0.291. The Labute approximate surface area is 86.5 Å². The molecule has 0 aliphatic rings. The molecular formula is C8H5FINS. The van der Waals surface area contributed by atoms with Crippen molar-refractivity contribution in [2.75, 3.05) is 5.73 Å². The van der Waals surface area contributed by atoms with E-state index >= 15 is 0 Å². The molecule has 0 bridgehead atoms. The maximum atomic E-state index is 13.3. The summed E-state index contributed by atoms with van der Waals surface area (Å²) in [6.07, 6.45) is 0. The Kier molecular flexibility index (Phi) is 1.96. The Morgan fingerprint density at radius 1 is 1.50 bits per heavy atom. The monoisotopic (exact) mass is 293 g/mol. The van der Waals surface area contributed by atoms with Crippen LogP contribution in [0, 0.1) is 9.39 Å². The maximum absolute atomic E-state index is 13.3. The molecule has 0 spiro atoms. The number of thiophene rings is 1. The minimum Gasteiger partial charge on any atom is -0.396 e. The predicted molar refractivity (Wildman–Crippen MR) is 58.9 cm³/mol. The van der Waals surface area contributed by atoms with Crippen molar-refractivity contribution < 1.29 is 4.39 Å². The highest BCUT2D eigenvalue weighted by Gasteiger charge is 2.08. The number of fused-ring (bicyclic) bond motifs is 1. The summed E-state index contributed by atoms with van der Waals surface area (Å²) >= 11 is 3.54. The van der Waals surface area contributed by atoms with Gasteiger partial charge in [0.15, 0.2) is 5.82 Å². The Balaban J connectivity index is 2.97. The summed E-state index contributed by atoms with van der Waals surface area (Å²) in [6.45, 7) is 0. The second-order valence-electron chi connectivity index (χ2n) is 2.42. The Morgan fingerprint density at radius 2 is 2.25 bits per heavy atom. The van der Waals surface area contributed by atoms with E-state index in [2.05, 4.69) is 22.6 Å². The summed E-state index contributed by atoms with van der Waals surface area (Å²) in [5, 5.41) is 2.82. The van der Waals surface area contributed by atoms with Gasteiger partial charge < -0.3 is 5.73 Å². The summed E-state index contributed by atoms with van der Waals surface area (Å²) in [6, 6.07) is 3.56. The molecule has 12 heavy (non-hydrogen) atoms. The van der Waals surface area contributed by atoms with Crippen LogP contribution in [0.25, 0.3) is 10.1 Å². The minimum atomic E-state index is -0.291. The molecular weight excluding hydrogens is 288 g/mol. The molecule has 0 fully saturated rings. The van der Waals surface area contributed by atoms with Crippen molar-refractivity contribution in [1.29, 1.82) is 0 Å². The summed E-state index contributed by atoms with van der Waals surface area (Å²) in [5.41, 5.74) is 5.70. The third kappa shape index (κ3) is 1.09. The topological polar surface area (TPSA) is 26.0 Å². The van der Waals surface area contributed by atoms with Crippen LogP contribution in [0.3, 0.4) is 0 Å². The van der Waals surface area contributed by atoms with Crippen molar-refractivity contribution in [2.45, 2.75) is 0 Å². The van der Waals surface area contributed by atoms with Crippen LogP contribution < -0.4 is 5.73 Å². The van der Waals surface area contributed by atoms with Gasteiger partial charge in [-0.25, -0.2) is 4.39 Å². The van der Waals surface area contributed by atoms with Crippen molar-refractivity contribution in [3.63, 3.8) is 0 Å². The lowest BCUT2D eigenvalue weighted by Gasteiger charge is -1.99. The zero-order valence-corrected chi connectivity index (χ0v) is 8.95. The molecule has 0 amide bonds. The van der Waals surface area contributed by atoms with Gasteiger partial charge in [0.05, 0.1) is 10.4 Å². The molecule has 1 aromatic carbocycles. The quantitative estimate of drug-likeness (QED) is 0.586. The van der Waals surface area contributed by atoms with E-state index in [9.17, 15) is 4.39 Å². The summed E-state index contributed by atoms with van der Waals surface area (Å²) in [7, 11) is 0. The highest BCUT2D eigenvalue weighted by atomic mass is 127. The first-order valence-electron chi connectivity index (χ1n) is 3.31. The van der Waals surface area contributed by atoms with Gasteiger partial charge in [-0.15, -0.1) is 11.3 Å². The van der Waals surface area contributed by atoms with Crippen LogP contribution in [0.5, 0.6) is 0 Å². The number of nitrogen functional groups attached to an aromatic ring is 1. The molecule has 2 aromatic rings. The average molecular weight is 293 g/mol. The molecule has 0 atom stereocenters. The van der Waals surface area contributed by atoms with E-state index in [1.54, 1.807) is 6.07 Å². The maximum Gasteiger partial charge on any atom is 0.163 e. The van der Waals surface area contributed by atoms with Gasteiger partial charge >= 0.3 is 0 Å². The smallest absolute Gasteiger partial charge is 0.163 e. The summed E-state index contributed by atoms with van der Waals surface area (Å²) in [4.78, 5) is 0. The second kappa shape index (κ2) is 2.85. The number of hydrogen-bond donors (Lipinski definition) is 1. The fourth-order valence-corrected chi connectivity index (χ4v) is 2.91. The Morgan fingerprint density at radius 3 is 3.00 bits per heavy atom. The van der Waals surface area contributed by atoms with Crippen LogP contribution >= 0.6 is 33.9 Å². The molecule has 0 radical (unpaired) electrons. The first-order valence-corrected chi connectivity index (χ1v) is 5.26. The first kappa shape index (κ1) is 8.25. The van der Waals surface area contributed by atoms with E-state index in [0.29, 0.717) is 4.70 Å². The molecule has 4 heteroatoms. The van der Waals surface area contributed by atoms with Crippen molar-refractivity contribution in [3.8, 4) is 0 Å². The van der Waals surface area contributed by atoms with Crippen LogP contribution in [0.1, 0.15) is 0 Å². The average Bonchev–Trinajstić information content (AvgIpc) is 2.48. The van der Waals surface area contributed by atoms with Gasteiger partial charge in [-0.3, -0.25) is 0 Å². The van der Waals surface area contributed by atoms with Gasteiger partial charge in [0, 0.05) is 8.96 Å². The zero-order chi connectivity index (χ0) is 8.72. The van der Waals surface area contributed by atoms with Crippen molar-refractivity contribution in [3.05, 3.63) is 26.9 Å². The number of rotatable bonds is 0. The van der Waals surface area contributed by atoms with Gasteiger partial charge in [0.25, 0.3) is 0 Å². The van der Waals surface area contributed by atoms with E-state index in [-0.39, 0.29) is 11.5 Å². The molecule has 1 nitrogen and oxygen atoms in total. The lowest BCUT2D eigenvalue weighted by molar-refractivity contribution is 0.646. The Hall–Kier alpha value is -0.360. The van der Waals surface area contributed by atoms with E-state index in [4.69, 9.17) is 5.73 Å². The molecule has 0 aliphatic carbocycles. The van der Waals surface area contributed by atoms with Gasteiger partial charge in [-0.2, -0.15) is 0 Å². The second-order valence-corrected chi connectivity index (χ2v) is 4.50. The molecule has 0 saturated carbocycles. The lowest BCUT2D eigenvalue weighted by atomic mass is 10.2. The molecule has 1 aromatic heterocycles. The molecule has 2 rings (SSSR count). The van der Waals surface area contributed by atoms with E-state index < -0.39 is 0 Å². The number of nitrogens with two attached hydrogens (primary N) is 1. The standard InChI is InChI=1S/C8H5FINS/c9-7-6(11)3-5(10)4-1-2-12-8(4)7/h1-3H,11H2. The molecule has 1 heterocycles. The first-order chi connectivity index (χ1) is 5.70. The number of hydrogen-bond acceptors (Lipinski definition) is 2. The number of halogens is 2. The van der Waals surface area contributed by atoms with Crippen molar-refractivity contribution in [1.82, 2.24) is 0 Å². The fourth-order valence-electron chi connectivity index (χ4n) is 1.08. The highest BCUT2D eigenvalue weighted by molar-refractivity contribution is 14.1. The van der Waals surface area contributed by atoms with Gasteiger partial charge in [-0.05, 0) is 40.1 Å². The van der Waals surface area contributed by atoms with Crippen LogP contribution in [0.15, 0.2) is 17.5 Å². The molecule has 0 unspecified atom stereocenters. The van der Waals surface area contributed by atoms with E-state index in [0.717, 1.165) is 8.96 Å². The Bertz CT molecular complexity index is 438. The SMILES string of the molecule is Nc1cc(I)c2ccsc2c1F. The molecule has 2 N–H and O–H groups in total. The van der Waals surface area contributed by atoms with Crippen LogP contribution in [-0.4, -0.2) is 0 Å². The van der Waals surface area contributed by atoms with Crippen molar-refractivity contribution in [2.24, 2.45) is 0 Å². The fraction of sp³-hybridized carbons (Fsp3) is 0. The molecule has 62 valence electrons. The molecule has 0 saturated heterocycles. The van der Waals surface area contributed by atoms with Crippen LogP contribution in [0.2, 0.25) is 0 Å². The minimum absolute atomic E-state index is 0.231. The highest BCUT2D eigenvalue weighted by Crippen LogP contribution is 2.31. The third-order valence-electron chi connectivity index (χ3n) is 1.66. The largest absolute Gasteiger partial charge is 0.396 e. The summed E-state index contributed by atoms with van der Waals surface area (Å²) < 4.78 is 14.9. The van der Waals surface area contributed by atoms with Crippen LogP contribution in [-0.2, 0) is 0 Å². The predicted octanol–water partition coefficient (Wildman–Crippen LogP) is 3.23.